The third kappa shape index (κ3) is 6.32. The van der Waals surface area contributed by atoms with Crippen molar-refractivity contribution in [2.45, 2.75) is 6.73 Å². The average Bonchev–Trinajstić information content (AvgIpc) is 3.42. The molecule has 0 atom stereocenters. The first-order valence-electron chi connectivity index (χ1n) is 10.7. The first-order chi connectivity index (χ1) is 17.1. The van der Waals surface area contributed by atoms with Crippen LogP contribution in [0.2, 0.25) is 0 Å². The highest BCUT2D eigenvalue weighted by molar-refractivity contribution is 6.04. The Hall–Kier alpha value is -4.92. The molecule has 1 heterocycles. The van der Waals surface area contributed by atoms with Gasteiger partial charge < -0.3 is 14.8 Å². The molecule has 0 bridgehead atoms. The molecule has 35 heavy (non-hydrogen) atoms. The molecule has 9 heteroatoms. The highest BCUT2D eigenvalue weighted by atomic mass is 16.5. The number of methoxy groups -OCH3 is 1. The fraction of sp³-hybridized carbons (Fsp3) is 0.0769. The molecule has 0 saturated carbocycles. The van der Waals surface area contributed by atoms with Gasteiger partial charge >= 0.3 is 0 Å². The largest absolute Gasteiger partial charge is 0.493 e. The number of hydrogen-bond donors (Lipinski definition) is 2. The van der Waals surface area contributed by atoms with Crippen molar-refractivity contribution >= 4 is 23.7 Å². The second-order valence-corrected chi connectivity index (χ2v) is 7.33. The summed E-state index contributed by atoms with van der Waals surface area (Å²) in [6.45, 7) is 0.225. The van der Waals surface area contributed by atoms with Crippen LogP contribution in [0, 0.1) is 0 Å². The van der Waals surface area contributed by atoms with Crippen molar-refractivity contribution in [2.75, 3.05) is 12.4 Å². The van der Waals surface area contributed by atoms with E-state index in [0.29, 0.717) is 33.9 Å². The van der Waals surface area contributed by atoms with Gasteiger partial charge in [0, 0.05) is 29.2 Å². The third-order valence-electron chi connectivity index (χ3n) is 4.92. The molecular weight excluding hydrogens is 446 g/mol. The minimum Gasteiger partial charge on any atom is -0.493 e. The van der Waals surface area contributed by atoms with E-state index in [0.717, 1.165) is 0 Å². The molecule has 0 radical (unpaired) electrons. The lowest BCUT2D eigenvalue weighted by atomic mass is 10.1. The van der Waals surface area contributed by atoms with Gasteiger partial charge in [-0.25, -0.2) is 10.1 Å². The number of hydrogen-bond acceptors (Lipinski definition) is 6. The van der Waals surface area contributed by atoms with Crippen molar-refractivity contribution < 1.29 is 19.1 Å². The molecule has 0 fully saturated rings. The smallest absolute Gasteiger partial charge is 0.271 e. The van der Waals surface area contributed by atoms with E-state index in [-0.39, 0.29) is 18.5 Å². The number of benzene rings is 3. The molecule has 176 valence electrons. The summed E-state index contributed by atoms with van der Waals surface area (Å²) in [7, 11) is 1.56. The van der Waals surface area contributed by atoms with Gasteiger partial charge in [-0.2, -0.15) is 10.2 Å². The zero-order valence-corrected chi connectivity index (χ0v) is 18.9. The summed E-state index contributed by atoms with van der Waals surface area (Å²) in [6, 6.07) is 22.5. The van der Waals surface area contributed by atoms with E-state index in [9.17, 15) is 9.59 Å². The zero-order valence-electron chi connectivity index (χ0n) is 18.9. The first kappa shape index (κ1) is 23.2. The van der Waals surface area contributed by atoms with Crippen LogP contribution >= 0.6 is 0 Å². The number of nitrogens with zero attached hydrogens (tertiary/aromatic N) is 3. The van der Waals surface area contributed by atoms with Crippen molar-refractivity contribution in [1.82, 2.24) is 15.2 Å². The molecule has 0 aliphatic rings. The van der Waals surface area contributed by atoms with E-state index in [1.165, 1.54) is 6.21 Å². The molecule has 4 aromatic rings. The summed E-state index contributed by atoms with van der Waals surface area (Å²) in [5.74, 6) is 0.481. The number of anilines is 1. The Bertz CT molecular complexity index is 1300. The second kappa shape index (κ2) is 11.3. The lowest BCUT2D eigenvalue weighted by Gasteiger charge is -2.11. The predicted molar refractivity (Wildman–Crippen MR) is 132 cm³/mol. The molecule has 0 aliphatic heterocycles. The maximum Gasteiger partial charge on any atom is 0.271 e. The minimum absolute atomic E-state index is 0.222. The fourth-order valence-electron chi connectivity index (χ4n) is 3.13. The van der Waals surface area contributed by atoms with Crippen LogP contribution in [0.3, 0.4) is 0 Å². The Morgan fingerprint density at radius 2 is 1.71 bits per heavy atom. The normalized spacial score (nSPS) is 10.7. The van der Waals surface area contributed by atoms with Crippen LogP contribution < -0.4 is 20.2 Å². The number of carbonyl (C=O) groups is 2. The Labute approximate surface area is 202 Å². The lowest BCUT2D eigenvalue weighted by Crippen LogP contribution is -2.18. The van der Waals surface area contributed by atoms with E-state index in [1.54, 1.807) is 97.0 Å². The number of aromatic nitrogens is 2. The van der Waals surface area contributed by atoms with Gasteiger partial charge in [0.15, 0.2) is 18.2 Å². The Morgan fingerprint density at radius 1 is 0.943 bits per heavy atom. The van der Waals surface area contributed by atoms with Gasteiger partial charge in [0.05, 0.1) is 13.3 Å². The summed E-state index contributed by atoms with van der Waals surface area (Å²) < 4.78 is 12.7. The van der Waals surface area contributed by atoms with Crippen LogP contribution in [0.25, 0.3) is 0 Å². The van der Waals surface area contributed by atoms with Crippen molar-refractivity contribution in [2.24, 2.45) is 5.10 Å². The van der Waals surface area contributed by atoms with Crippen molar-refractivity contribution in [1.29, 1.82) is 0 Å². The maximum absolute atomic E-state index is 12.4. The van der Waals surface area contributed by atoms with E-state index in [2.05, 4.69) is 20.9 Å². The molecule has 0 saturated heterocycles. The number of carbonyl (C=O) groups excluding carboxylic acids is 2. The number of hydrazone groups is 1. The van der Waals surface area contributed by atoms with E-state index < -0.39 is 0 Å². The van der Waals surface area contributed by atoms with Gasteiger partial charge in [-0.05, 0) is 66.2 Å². The quantitative estimate of drug-likeness (QED) is 0.285. The van der Waals surface area contributed by atoms with Gasteiger partial charge in [0.25, 0.3) is 11.8 Å². The average molecular weight is 470 g/mol. The maximum atomic E-state index is 12.4. The molecule has 4 rings (SSSR count). The highest BCUT2D eigenvalue weighted by Crippen LogP contribution is 2.27. The molecule has 3 aromatic carbocycles. The molecule has 9 nitrogen and oxygen atoms in total. The summed E-state index contributed by atoms with van der Waals surface area (Å²) in [6.07, 6.45) is 4.96. The molecular formula is C26H23N5O4. The number of ether oxygens (including phenoxy) is 2. The topological polar surface area (TPSA) is 107 Å². The molecule has 0 aliphatic carbocycles. The van der Waals surface area contributed by atoms with Crippen LogP contribution in [0.15, 0.2) is 96.4 Å². The monoisotopic (exact) mass is 469 g/mol. The van der Waals surface area contributed by atoms with Crippen LogP contribution in [-0.4, -0.2) is 34.9 Å². The van der Waals surface area contributed by atoms with E-state index >= 15 is 0 Å². The summed E-state index contributed by atoms with van der Waals surface area (Å²) in [5.41, 5.74) is 4.74. The first-order valence-corrected chi connectivity index (χ1v) is 10.7. The van der Waals surface area contributed by atoms with Gasteiger partial charge in [-0.1, -0.05) is 18.2 Å². The Morgan fingerprint density at radius 3 is 2.43 bits per heavy atom. The van der Waals surface area contributed by atoms with Crippen LogP contribution in [0.1, 0.15) is 26.3 Å². The molecule has 2 amide bonds. The standard InChI is InChI=1S/C26H23N5O4/c1-34-23-13-8-19(16-24(23)35-18-31-15-5-14-28-31)17-27-30-26(33)21-9-11-22(12-10-21)29-25(32)20-6-3-2-4-7-20/h2-17H,18H2,1H3,(H,29,32)(H,30,33)/b27-17+. The second-order valence-electron chi connectivity index (χ2n) is 7.33. The Balaban J connectivity index is 1.33. The van der Waals surface area contributed by atoms with Crippen LogP contribution in [-0.2, 0) is 6.73 Å². The van der Waals surface area contributed by atoms with Gasteiger partial charge in [-0.15, -0.1) is 0 Å². The van der Waals surface area contributed by atoms with E-state index in [1.807, 2.05) is 6.07 Å². The van der Waals surface area contributed by atoms with Gasteiger partial charge in [0.2, 0.25) is 0 Å². The van der Waals surface area contributed by atoms with Crippen molar-refractivity contribution in [3.8, 4) is 11.5 Å². The lowest BCUT2D eigenvalue weighted by molar-refractivity contribution is 0.0954. The summed E-state index contributed by atoms with van der Waals surface area (Å²) in [4.78, 5) is 24.7. The van der Waals surface area contributed by atoms with E-state index in [4.69, 9.17) is 9.47 Å². The summed E-state index contributed by atoms with van der Waals surface area (Å²) in [5, 5.41) is 10.9. The SMILES string of the molecule is COc1ccc(/C=N/NC(=O)c2ccc(NC(=O)c3ccccc3)cc2)cc1OCn1cccn1. The van der Waals surface area contributed by atoms with Crippen molar-refractivity contribution in [3.05, 3.63) is 108 Å². The van der Waals surface area contributed by atoms with Crippen LogP contribution in [0.4, 0.5) is 5.69 Å². The van der Waals surface area contributed by atoms with Crippen LogP contribution in [0.5, 0.6) is 11.5 Å². The fourth-order valence-corrected chi connectivity index (χ4v) is 3.13. The molecule has 1 aromatic heterocycles. The number of amides is 2. The Kier molecular flexibility index (Phi) is 7.49. The molecule has 0 unspecified atom stereocenters. The highest BCUT2D eigenvalue weighted by Gasteiger charge is 2.08. The van der Waals surface area contributed by atoms with Gasteiger partial charge in [-0.3, -0.25) is 9.59 Å². The zero-order chi connectivity index (χ0) is 24.5. The number of nitrogens with one attached hydrogen (secondary N) is 2. The number of rotatable bonds is 9. The molecule has 0 spiro atoms. The third-order valence-corrected chi connectivity index (χ3v) is 4.92. The minimum atomic E-state index is -0.383. The van der Waals surface area contributed by atoms with Crippen molar-refractivity contribution in [3.63, 3.8) is 0 Å². The molecule has 2 N–H and O–H groups in total. The summed E-state index contributed by atoms with van der Waals surface area (Å²) >= 11 is 0. The van der Waals surface area contributed by atoms with Gasteiger partial charge in [0.1, 0.15) is 0 Å². The predicted octanol–water partition coefficient (Wildman–Crippen LogP) is 3.94.